The van der Waals surface area contributed by atoms with Gasteiger partial charge in [0.1, 0.15) is 12.2 Å². The molecule has 0 aliphatic carbocycles. The Morgan fingerprint density at radius 2 is 2.25 bits per heavy atom. The zero-order chi connectivity index (χ0) is 17.2. The number of rotatable bonds is 4. The molecule has 0 radical (unpaired) electrons. The van der Waals surface area contributed by atoms with E-state index in [0.29, 0.717) is 5.76 Å². The van der Waals surface area contributed by atoms with Crippen molar-refractivity contribution < 1.29 is 22.4 Å². The summed E-state index contributed by atoms with van der Waals surface area (Å²) in [6.45, 7) is 0. The van der Waals surface area contributed by atoms with E-state index in [9.17, 15) is 18.0 Å². The molecule has 0 saturated heterocycles. The maximum absolute atomic E-state index is 12.3. The summed E-state index contributed by atoms with van der Waals surface area (Å²) in [5.74, 6) is -2.14. The van der Waals surface area contributed by atoms with E-state index >= 15 is 0 Å². The molecule has 0 aromatic carbocycles. The molecule has 10 heteroatoms. The Hall–Kier alpha value is -3.04. The Morgan fingerprint density at radius 1 is 1.42 bits per heavy atom. The van der Waals surface area contributed by atoms with Gasteiger partial charge in [0.2, 0.25) is 5.91 Å². The summed E-state index contributed by atoms with van der Waals surface area (Å²) in [6, 6.07) is 4.92. The van der Waals surface area contributed by atoms with Crippen molar-refractivity contribution >= 4 is 12.1 Å². The van der Waals surface area contributed by atoms with E-state index in [1.54, 1.807) is 24.4 Å². The van der Waals surface area contributed by atoms with Gasteiger partial charge in [0.05, 0.1) is 6.26 Å². The second-order valence-electron chi connectivity index (χ2n) is 4.92. The van der Waals surface area contributed by atoms with Gasteiger partial charge < -0.3 is 15.1 Å². The Labute approximate surface area is 133 Å². The monoisotopic (exact) mass is 339 g/mol. The minimum atomic E-state index is -4.59. The Kier molecular flexibility index (Phi) is 3.87. The fourth-order valence-electron chi connectivity index (χ4n) is 2.22. The number of nitrogens with zero attached hydrogens (tertiary/aromatic N) is 3. The van der Waals surface area contributed by atoms with Gasteiger partial charge in [0.25, 0.3) is 5.79 Å². The van der Waals surface area contributed by atoms with Crippen molar-refractivity contribution in [2.24, 2.45) is 4.99 Å². The summed E-state index contributed by atoms with van der Waals surface area (Å²) in [7, 11) is 0. The molecular weight excluding hydrogens is 327 g/mol. The van der Waals surface area contributed by atoms with Crippen LogP contribution >= 0.6 is 0 Å². The second-order valence-corrected chi connectivity index (χ2v) is 4.92. The first-order valence-corrected chi connectivity index (χ1v) is 6.83. The first-order chi connectivity index (χ1) is 11.4. The number of aliphatic imine (C=N–C) groups is 1. The molecule has 0 spiro atoms. The summed E-state index contributed by atoms with van der Waals surface area (Å²) in [5, 5.41) is 9.13. The lowest BCUT2D eigenvalue weighted by atomic mass is 10.2. The molecular formula is C14H12F3N5O2. The number of furan rings is 1. The normalized spacial score (nSPS) is 20.4. The smallest absolute Gasteiger partial charge is 0.397 e. The number of alkyl halides is 3. The van der Waals surface area contributed by atoms with Crippen LogP contribution < -0.4 is 10.6 Å². The highest BCUT2D eigenvalue weighted by Crippen LogP contribution is 2.27. The molecule has 2 aromatic rings. The average molecular weight is 339 g/mol. The van der Waals surface area contributed by atoms with Crippen molar-refractivity contribution in [3.8, 4) is 0 Å². The van der Waals surface area contributed by atoms with Gasteiger partial charge in [-0.3, -0.25) is 4.79 Å². The van der Waals surface area contributed by atoms with Crippen molar-refractivity contribution in [1.29, 1.82) is 0 Å². The SMILES string of the molecule is O=C(CC(F)(F)F)NC1=CC=NC(c2ccco2)(n2cccn2)N1. The minimum Gasteiger partial charge on any atom is -0.463 e. The fraction of sp³-hybridized carbons (Fsp3) is 0.214. The average Bonchev–Trinajstić information content (AvgIpc) is 3.19. The van der Waals surface area contributed by atoms with Gasteiger partial charge in [-0.2, -0.15) is 18.3 Å². The van der Waals surface area contributed by atoms with Crippen LogP contribution in [-0.4, -0.2) is 28.1 Å². The number of hydrogen-bond acceptors (Lipinski definition) is 5. The molecule has 2 aromatic heterocycles. The Morgan fingerprint density at radius 3 is 2.88 bits per heavy atom. The maximum atomic E-state index is 12.3. The lowest BCUT2D eigenvalue weighted by Gasteiger charge is -2.33. The Balaban J connectivity index is 1.86. The van der Waals surface area contributed by atoms with Crippen LogP contribution in [0.15, 0.2) is 58.2 Å². The number of nitrogens with one attached hydrogen (secondary N) is 2. The van der Waals surface area contributed by atoms with Gasteiger partial charge in [0, 0.05) is 18.6 Å². The summed E-state index contributed by atoms with van der Waals surface area (Å²) in [5.41, 5.74) is 0. The third-order valence-corrected chi connectivity index (χ3v) is 3.15. The molecule has 1 unspecified atom stereocenters. The lowest BCUT2D eigenvalue weighted by Crippen LogP contribution is -2.51. The Bertz CT molecular complexity index is 729. The molecule has 3 rings (SSSR count). The highest BCUT2D eigenvalue weighted by atomic mass is 19.4. The first-order valence-electron chi connectivity index (χ1n) is 6.83. The van der Waals surface area contributed by atoms with Crippen molar-refractivity contribution in [1.82, 2.24) is 20.4 Å². The van der Waals surface area contributed by atoms with E-state index < -0.39 is 24.3 Å². The summed E-state index contributed by atoms with van der Waals surface area (Å²) >= 11 is 0. The molecule has 24 heavy (non-hydrogen) atoms. The number of hydrogen-bond donors (Lipinski definition) is 2. The highest BCUT2D eigenvalue weighted by Gasteiger charge is 2.40. The second kappa shape index (κ2) is 5.87. The largest absolute Gasteiger partial charge is 0.463 e. The minimum absolute atomic E-state index is 0.0474. The van der Waals surface area contributed by atoms with Gasteiger partial charge in [-0.25, -0.2) is 9.67 Å². The lowest BCUT2D eigenvalue weighted by molar-refractivity contribution is -0.153. The van der Waals surface area contributed by atoms with Crippen molar-refractivity contribution in [2.75, 3.05) is 0 Å². The predicted octanol–water partition coefficient (Wildman–Crippen LogP) is 1.72. The number of aromatic nitrogens is 2. The molecule has 1 amide bonds. The van der Waals surface area contributed by atoms with Crippen LogP contribution in [0.3, 0.4) is 0 Å². The van der Waals surface area contributed by atoms with E-state index in [4.69, 9.17) is 4.42 Å². The zero-order valence-corrected chi connectivity index (χ0v) is 12.1. The van der Waals surface area contributed by atoms with E-state index in [1.807, 2.05) is 0 Å². The molecule has 0 bridgehead atoms. The summed E-state index contributed by atoms with van der Waals surface area (Å²) in [4.78, 5) is 15.8. The van der Waals surface area contributed by atoms with Gasteiger partial charge in [-0.1, -0.05) is 0 Å². The molecule has 126 valence electrons. The standard InChI is InChI=1S/C14H12F3N5O2/c15-13(16,17)9-12(23)20-11-4-6-18-14(21-11,10-3-1-8-24-10)22-7-2-5-19-22/h1-8,21H,9H2,(H,20,23). The van der Waals surface area contributed by atoms with E-state index in [0.717, 1.165) is 0 Å². The molecule has 1 aliphatic rings. The number of allylic oxidation sites excluding steroid dienone is 1. The van der Waals surface area contributed by atoms with E-state index in [2.05, 4.69) is 20.7 Å². The quantitative estimate of drug-likeness (QED) is 0.888. The molecule has 2 N–H and O–H groups in total. The first kappa shape index (κ1) is 15.8. The summed E-state index contributed by atoms with van der Waals surface area (Å²) in [6.07, 6.45) is 1.07. The molecule has 1 atom stereocenters. The van der Waals surface area contributed by atoms with Crippen LogP contribution in [0.5, 0.6) is 0 Å². The molecule has 7 nitrogen and oxygen atoms in total. The molecule has 0 saturated carbocycles. The number of amides is 1. The third-order valence-electron chi connectivity index (χ3n) is 3.15. The van der Waals surface area contributed by atoms with E-state index in [1.165, 1.54) is 29.4 Å². The van der Waals surface area contributed by atoms with Gasteiger partial charge in [-0.15, -0.1) is 0 Å². The summed E-state index contributed by atoms with van der Waals surface area (Å²) < 4.78 is 43.7. The van der Waals surface area contributed by atoms with Crippen LogP contribution in [-0.2, 0) is 10.6 Å². The van der Waals surface area contributed by atoms with Gasteiger partial charge in [0.15, 0.2) is 5.76 Å². The number of carbonyl (C=O) groups is 1. The molecule has 1 aliphatic heterocycles. The fourth-order valence-corrected chi connectivity index (χ4v) is 2.22. The molecule has 0 fully saturated rings. The predicted molar refractivity (Wildman–Crippen MR) is 76.5 cm³/mol. The number of carbonyl (C=O) groups excluding carboxylic acids is 1. The van der Waals surface area contributed by atoms with Gasteiger partial charge >= 0.3 is 6.18 Å². The van der Waals surface area contributed by atoms with Crippen LogP contribution in [0.25, 0.3) is 0 Å². The highest BCUT2D eigenvalue weighted by molar-refractivity contribution is 5.81. The van der Waals surface area contributed by atoms with Crippen molar-refractivity contribution in [3.63, 3.8) is 0 Å². The number of halogens is 3. The molecule has 3 heterocycles. The topological polar surface area (TPSA) is 84.5 Å². The van der Waals surface area contributed by atoms with Crippen LogP contribution in [0, 0.1) is 0 Å². The van der Waals surface area contributed by atoms with Gasteiger partial charge in [-0.05, 0) is 24.3 Å². The van der Waals surface area contributed by atoms with Crippen molar-refractivity contribution in [3.05, 3.63) is 54.5 Å². The van der Waals surface area contributed by atoms with Crippen molar-refractivity contribution in [2.45, 2.75) is 18.4 Å². The van der Waals surface area contributed by atoms with Crippen LogP contribution in [0.1, 0.15) is 12.2 Å². The van der Waals surface area contributed by atoms with E-state index in [-0.39, 0.29) is 5.82 Å². The van der Waals surface area contributed by atoms with Crippen LogP contribution in [0.4, 0.5) is 13.2 Å². The third kappa shape index (κ3) is 3.16. The van der Waals surface area contributed by atoms with Crippen LogP contribution in [0.2, 0.25) is 0 Å². The zero-order valence-electron chi connectivity index (χ0n) is 12.1. The maximum Gasteiger partial charge on any atom is 0.397 e.